The monoisotopic (exact) mass is 547 g/mol. The van der Waals surface area contributed by atoms with Crippen LogP contribution in [0.5, 0.6) is 0 Å². The topological polar surface area (TPSA) is 70.7 Å². The van der Waals surface area contributed by atoms with Crippen LogP contribution in [0.4, 0.5) is 4.39 Å². The van der Waals surface area contributed by atoms with E-state index >= 15 is 0 Å². The maximum Gasteiger partial charge on any atom is 0.251 e. The molecule has 3 aromatic rings. The number of ether oxygens (including phenoxy) is 1. The van der Waals surface area contributed by atoms with Crippen LogP contribution in [0.15, 0.2) is 78.9 Å². The second kappa shape index (κ2) is 13.2. The standard InChI is InChI=1S/C31H34FN3O3S/c32-26-12-10-24(11-13-26)27-20-28(27)33-14-19-39-21-29(31(37)35-15-17-38-18-16-35)34-30(36)25-8-6-23(7-9-25)22-4-2-1-3-5-22/h1-13,27-29,33H,14-21H2,(H,34,36). The largest absolute Gasteiger partial charge is 0.378 e. The van der Waals surface area contributed by atoms with E-state index in [1.165, 1.54) is 12.1 Å². The lowest BCUT2D eigenvalue weighted by Gasteiger charge is -2.30. The average Bonchev–Trinajstić information content (AvgIpc) is 3.77. The Balaban J connectivity index is 1.13. The molecule has 0 aromatic heterocycles. The minimum absolute atomic E-state index is 0.0634. The van der Waals surface area contributed by atoms with Gasteiger partial charge in [0.1, 0.15) is 11.9 Å². The minimum Gasteiger partial charge on any atom is -0.378 e. The number of benzene rings is 3. The molecule has 1 aliphatic carbocycles. The van der Waals surface area contributed by atoms with E-state index in [1.807, 2.05) is 54.6 Å². The number of halogens is 1. The van der Waals surface area contributed by atoms with Gasteiger partial charge in [0.2, 0.25) is 5.91 Å². The van der Waals surface area contributed by atoms with Gasteiger partial charge in [0.25, 0.3) is 5.91 Å². The molecule has 1 aliphatic heterocycles. The van der Waals surface area contributed by atoms with Crippen LogP contribution in [-0.4, -0.2) is 73.2 Å². The predicted octanol–water partition coefficient (Wildman–Crippen LogP) is 4.33. The average molecular weight is 548 g/mol. The molecule has 3 aromatic carbocycles. The molecule has 0 bridgehead atoms. The number of carbonyl (C=O) groups excluding carboxylic acids is 2. The van der Waals surface area contributed by atoms with Crippen LogP contribution in [-0.2, 0) is 9.53 Å². The number of amides is 2. The van der Waals surface area contributed by atoms with E-state index in [0.717, 1.165) is 35.4 Å². The molecule has 1 saturated heterocycles. The van der Waals surface area contributed by atoms with Crippen LogP contribution in [0.3, 0.4) is 0 Å². The summed E-state index contributed by atoms with van der Waals surface area (Å²) in [5.74, 6) is 1.22. The van der Waals surface area contributed by atoms with E-state index < -0.39 is 6.04 Å². The fraction of sp³-hybridized carbons (Fsp3) is 0.355. The van der Waals surface area contributed by atoms with Crippen molar-refractivity contribution in [2.75, 3.05) is 44.4 Å². The zero-order valence-corrected chi connectivity index (χ0v) is 22.7. The smallest absolute Gasteiger partial charge is 0.251 e. The Morgan fingerprint density at radius 2 is 1.64 bits per heavy atom. The summed E-state index contributed by atoms with van der Waals surface area (Å²) >= 11 is 1.65. The van der Waals surface area contributed by atoms with Crippen molar-refractivity contribution in [3.05, 3.63) is 95.8 Å². The summed E-state index contributed by atoms with van der Waals surface area (Å²) in [6.07, 6.45) is 1.05. The molecule has 1 saturated carbocycles. The molecule has 6 nitrogen and oxygen atoms in total. The molecule has 5 rings (SSSR count). The van der Waals surface area contributed by atoms with Crippen molar-refractivity contribution in [2.24, 2.45) is 0 Å². The Kier molecular flexibility index (Phi) is 9.29. The van der Waals surface area contributed by atoms with Crippen molar-refractivity contribution in [3.63, 3.8) is 0 Å². The highest BCUT2D eigenvalue weighted by atomic mass is 32.2. The van der Waals surface area contributed by atoms with E-state index in [2.05, 4.69) is 10.6 Å². The summed E-state index contributed by atoms with van der Waals surface area (Å²) in [6, 6.07) is 24.0. The Bertz CT molecular complexity index is 1230. The first-order chi connectivity index (χ1) is 19.1. The summed E-state index contributed by atoms with van der Waals surface area (Å²) in [4.78, 5) is 28.2. The number of rotatable bonds is 11. The summed E-state index contributed by atoms with van der Waals surface area (Å²) in [5.41, 5.74) is 3.82. The normalized spacial score (nSPS) is 19.4. The summed E-state index contributed by atoms with van der Waals surface area (Å²) in [6.45, 7) is 2.91. The maximum atomic E-state index is 13.3. The van der Waals surface area contributed by atoms with E-state index in [9.17, 15) is 14.0 Å². The first-order valence-corrected chi connectivity index (χ1v) is 14.6. The third-order valence-corrected chi connectivity index (χ3v) is 8.27. The van der Waals surface area contributed by atoms with Gasteiger partial charge in [-0.15, -0.1) is 0 Å². The van der Waals surface area contributed by atoms with Gasteiger partial charge in [-0.2, -0.15) is 11.8 Å². The molecule has 2 N–H and O–H groups in total. The maximum absolute atomic E-state index is 13.3. The number of carbonyl (C=O) groups is 2. The van der Waals surface area contributed by atoms with Crippen molar-refractivity contribution in [1.82, 2.24) is 15.5 Å². The highest BCUT2D eigenvalue weighted by Crippen LogP contribution is 2.40. The van der Waals surface area contributed by atoms with Crippen molar-refractivity contribution < 1.29 is 18.7 Å². The van der Waals surface area contributed by atoms with Gasteiger partial charge in [-0.1, -0.05) is 54.6 Å². The van der Waals surface area contributed by atoms with Crippen LogP contribution >= 0.6 is 11.8 Å². The first-order valence-electron chi connectivity index (χ1n) is 13.5. The quantitative estimate of drug-likeness (QED) is 0.350. The van der Waals surface area contributed by atoms with Gasteiger partial charge in [-0.3, -0.25) is 9.59 Å². The Hall–Kier alpha value is -3.20. The molecule has 1 heterocycles. The van der Waals surface area contributed by atoms with Crippen molar-refractivity contribution in [1.29, 1.82) is 0 Å². The third-order valence-electron chi connectivity index (χ3n) is 7.21. The minimum atomic E-state index is -0.609. The second-order valence-electron chi connectivity index (χ2n) is 9.94. The zero-order chi connectivity index (χ0) is 27.0. The fourth-order valence-corrected chi connectivity index (χ4v) is 5.77. The molecular formula is C31H34FN3O3S. The number of nitrogens with one attached hydrogen (secondary N) is 2. The molecule has 2 fully saturated rings. The first kappa shape index (κ1) is 27.4. The molecule has 0 spiro atoms. The summed E-state index contributed by atoms with van der Waals surface area (Å²) < 4.78 is 18.6. The molecule has 3 atom stereocenters. The molecule has 3 unspecified atom stereocenters. The van der Waals surface area contributed by atoms with Crippen molar-refractivity contribution in [3.8, 4) is 11.1 Å². The Morgan fingerprint density at radius 3 is 2.36 bits per heavy atom. The van der Waals surface area contributed by atoms with Gasteiger partial charge in [0.05, 0.1) is 13.2 Å². The number of thioether (sulfide) groups is 1. The van der Waals surface area contributed by atoms with Crippen molar-refractivity contribution >= 4 is 23.6 Å². The summed E-state index contributed by atoms with van der Waals surface area (Å²) in [5, 5.41) is 6.55. The van der Waals surface area contributed by atoms with E-state index in [-0.39, 0.29) is 17.6 Å². The molecule has 204 valence electrons. The Morgan fingerprint density at radius 1 is 0.949 bits per heavy atom. The lowest BCUT2D eigenvalue weighted by molar-refractivity contribution is -0.136. The lowest BCUT2D eigenvalue weighted by atomic mass is 10.0. The number of hydrogen-bond acceptors (Lipinski definition) is 5. The number of nitrogens with zero attached hydrogens (tertiary/aromatic N) is 1. The van der Waals surface area contributed by atoms with Gasteiger partial charge in [0.15, 0.2) is 0 Å². The predicted molar refractivity (Wildman–Crippen MR) is 153 cm³/mol. The molecular weight excluding hydrogens is 513 g/mol. The number of morpholine rings is 1. The summed E-state index contributed by atoms with van der Waals surface area (Å²) in [7, 11) is 0. The van der Waals surface area contributed by atoms with Gasteiger partial charge >= 0.3 is 0 Å². The highest BCUT2D eigenvalue weighted by Gasteiger charge is 2.37. The second-order valence-corrected chi connectivity index (χ2v) is 11.1. The van der Waals surface area contributed by atoms with E-state index in [1.54, 1.807) is 28.8 Å². The molecule has 2 amide bonds. The van der Waals surface area contributed by atoms with Gasteiger partial charge in [0, 0.05) is 48.7 Å². The zero-order valence-electron chi connectivity index (χ0n) is 21.9. The lowest BCUT2D eigenvalue weighted by Crippen LogP contribution is -2.53. The fourth-order valence-electron chi connectivity index (χ4n) is 4.88. The molecule has 8 heteroatoms. The van der Waals surface area contributed by atoms with Crippen molar-refractivity contribution in [2.45, 2.75) is 24.4 Å². The molecule has 39 heavy (non-hydrogen) atoms. The van der Waals surface area contributed by atoms with Crippen LogP contribution in [0.25, 0.3) is 11.1 Å². The van der Waals surface area contributed by atoms with E-state index in [4.69, 9.17) is 4.74 Å². The van der Waals surface area contributed by atoms with Crippen LogP contribution in [0, 0.1) is 5.82 Å². The van der Waals surface area contributed by atoms with Gasteiger partial charge < -0.3 is 20.3 Å². The van der Waals surface area contributed by atoms with Crippen LogP contribution in [0.1, 0.15) is 28.3 Å². The third kappa shape index (κ3) is 7.47. The highest BCUT2D eigenvalue weighted by molar-refractivity contribution is 7.99. The van der Waals surface area contributed by atoms with Crippen LogP contribution < -0.4 is 10.6 Å². The van der Waals surface area contributed by atoms with Gasteiger partial charge in [-0.05, 0) is 47.4 Å². The molecule has 2 aliphatic rings. The van der Waals surface area contributed by atoms with E-state index in [0.29, 0.717) is 49.6 Å². The number of hydrogen-bond donors (Lipinski definition) is 2. The molecule has 0 radical (unpaired) electrons. The van der Waals surface area contributed by atoms with Crippen LogP contribution in [0.2, 0.25) is 0 Å². The van der Waals surface area contributed by atoms with Gasteiger partial charge in [-0.25, -0.2) is 4.39 Å². The SMILES string of the molecule is O=C(NC(CSCCNC1CC1c1ccc(F)cc1)C(=O)N1CCOCC1)c1ccc(-c2ccccc2)cc1. The Labute approximate surface area is 233 Å².